The van der Waals surface area contributed by atoms with Crippen LogP contribution in [0.25, 0.3) is 0 Å². The molecule has 20 heavy (non-hydrogen) atoms. The lowest BCUT2D eigenvalue weighted by Gasteiger charge is -2.19. The first kappa shape index (κ1) is 14.9. The van der Waals surface area contributed by atoms with Crippen LogP contribution in [0.4, 0.5) is 4.79 Å². The van der Waals surface area contributed by atoms with E-state index in [1.165, 1.54) is 5.56 Å². The molecule has 0 saturated carbocycles. The van der Waals surface area contributed by atoms with Gasteiger partial charge in [0.25, 0.3) is 0 Å². The minimum Gasteiger partial charge on any atom is -0.450 e. The molecule has 1 heterocycles. The summed E-state index contributed by atoms with van der Waals surface area (Å²) in [5, 5.41) is 0. The molecule has 4 nitrogen and oxygen atoms in total. The van der Waals surface area contributed by atoms with Gasteiger partial charge >= 0.3 is 6.09 Å². The Kier molecular flexibility index (Phi) is 5.87. The van der Waals surface area contributed by atoms with Gasteiger partial charge in [0.1, 0.15) is 0 Å². The molecule has 4 heteroatoms. The summed E-state index contributed by atoms with van der Waals surface area (Å²) in [5.41, 5.74) is 1.19. The first-order valence-electron chi connectivity index (χ1n) is 7.37. The fourth-order valence-electron chi connectivity index (χ4n) is 2.42. The highest BCUT2D eigenvalue weighted by Gasteiger charge is 2.21. The SMILES string of the molecule is CCOC(=O)N1CCC[C@H](OCc2ccccc2)CC1. The van der Waals surface area contributed by atoms with E-state index < -0.39 is 0 Å². The standard InChI is InChI=1S/C16H23NO3/c1-2-19-16(18)17-11-6-9-15(10-12-17)20-13-14-7-4-3-5-8-14/h3-5,7-8,15H,2,6,9-13H2,1H3/t15-/m0/s1. The average molecular weight is 277 g/mol. The number of hydrogen-bond donors (Lipinski definition) is 0. The van der Waals surface area contributed by atoms with Gasteiger partial charge in [0.2, 0.25) is 0 Å². The average Bonchev–Trinajstić information content (AvgIpc) is 2.72. The Morgan fingerprint density at radius 1 is 1.25 bits per heavy atom. The molecule has 2 rings (SSSR count). The van der Waals surface area contributed by atoms with Crippen molar-refractivity contribution in [3.8, 4) is 0 Å². The van der Waals surface area contributed by atoms with E-state index in [9.17, 15) is 4.79 Å². The van der Waals surface area contributed by atoms with Crippen molar-refractivity contribution >= 4 is 6.09 Å². The van der Waals surface area contributed by atoms with E-state index >= 15 is 0 Å². The van der Waals surface area contributed by atoms with Crippen LogP contribution < -0.4 is 0 Å². The molecule has 0 N–H and O–H groups in total. The predicted octanol–water partition coefficient (Wildman–Crippen LogP) is 3.21. The van der Waals surface area contributed by atoms with Gasteiger partial charge in [-0.1, -0.05) is 30.3 Å². The van der Waals surface area contributed by atoms with E-state index in [2.05, 4.69) is 12.1 Å². The lowest BCUT2D eigenvalue weighted by atomic mass is 10.1. The largest absolute Gasteiger partial charge is 0.450 e. The Hall–Kier alpha value is -1.55. The van der Waals surface area contributed by atoms with Gasteiger partial charge in [-0.25, -0.2) is 4.79 Å². The van der Waals surface area contributed by atoms with Crippen LogP contribution in [-0.4, -0.2) is 36.8 Å². The molecule has 0 aromatic heterocycles. The van der Waals surface area contributed by atoms with Crippen molar-refractivity contribution in [3.05, 3.63) is 35.9 Å². The zero-order valence-electron chi connectivity index (χ0n) is 12.1. The lowest BCUT2D eigenvalue weighted by Crippen LogP contribution is -2.32. The molecule has 1 aromatic rings. The van der Waals surface area contributed by atoms with Gasteiger partial charge in [-0.15, -0.1) is 0 Å². The Bertz CT molecular complexity index is 407. The third kappa shape index (κ3) is 4.53. The molecule has 0 spiro atoms. The van der Waals surface area contributed by atoms with E-state index in [-0.39, 0.29) is 12.2 Å². The topological polar surface area (TPSA) is 38.8 Å². The molecule has 1 aliphatic rings. The Morgan fingerprint density at radius 3 is 2.80 bits per heavy atom. The van der Waals surface area contributed by atoms with E-state index in [4.69, 9.17) is 9.47 Å². The fourth-order valence-corrected chi connectivity index (χ4v) is 2.42. The first-order valence-corrected chi connectivity index (χ1v) is 7.37. The van der Waals surface area contributed by atoms with Crippen LogP contribution in [0.1, 0.15) is 31.7 Å². The third-order valence-electron chi connectivity index (χ3n) is 3.53. The van der Waals surface area contributed by atoms with Crippen molar-refractivity contribution in [2.75, 3.05) is 19.7 Å². The maximum Gasteiger partial charge on any atom is 0.409 e. The number of ether oxygens (including phenoxy) is 2. The molecule has 1 aromatic carbocycles. The first-order chi connectivity index (χ1) is 9.79. The van der Waals surface area contributed by atoms with Crippen LogP contribution in [0.5, 0.6) is 0 Å². The molecule has 0 unspecified atom stereocenters. The van der Waals surface area contributed by atoms with Gasteiger partial charge in [-0.05, 0) is 31.7 Å². The maximum atomic E-state index is 11.7. The Morgan fingerprint density at radius 2 is 2.05 bits per heavy atom. The van der Waals surface area contributed by atoms with Crippen molar-refractivity contribution in [1.82, 2.24) is 4.90 Å². The predicted molar refractivity (Wildman–Crippen MR) is 77.5 cm³/mol. The summed E-state index contributed by atoms with van der Waals surface area (Å²) in [6.45, 7) is 4.40. The second-order valence-corrected chi connectivity index (χ2v) is 5.04. The molecule has 110 valence electrons. The number of amides is 1. The van der Waals surface area contributed by atoms with Gasteiger partial charge in [0.05, 0.1) is 19.3 Å². The number of benzene rings is 1. The van der Waals surface area contributed by atoms with Gasteiger partial charge in [0.15, 0.2) is 0 Å². The molecule has 1 aliphatic heterocycles. The van der Waals surface area contributed by atoms with Crippen LogP contribution in [0.2, 0.25) is 0 Å². The van der Waals surface area contributed by atoms with Crippen molar-refractivity contribution in [2.24, 2.45) is 0 Å². The van der Waals surface area contributed by atoms with Crippen LogP contribution in [0.3, 0.4) is 0 Å². The molecule has 0 aliphatic carbocycles. The quantitative estimate of drug-likeness (QED) is 0.848. The monoisotopic (exact) mass is 277 g/mol. The smallest absolute Gasteiger partial charge is 0.409 e. The van der Waals surface area contributed by atoms with Crippen LogP contribution in [0, 0.1) is 0 Å². The highest BCUT2D eigenvalue weighted by atomic mass is 16.6. The minimum absolute atomic E-state index is 0.198. The van der Waals surface area contributed by atoms with E-state index in [0.717, 1.165) is 32.4 Å². The summed E-state index contributed by atoms with van der Waals surface area (Å²) < 4.78 is 11.0. The van der Waals surface area contributed by atoms with Crippen LogP contribution in [-0.2, 0) is 16.1 Å². The summed E-state index contributed by atoms with van der Waals surface area (Å²) in [7, 11) is 0. The molecule has 1 atom stereocenters. The molecule has 1 fully saturated rings. The van der Waals surface area contributed by atoms with Gasteiger partial charge in [-0.2, -0.15) is 0 Å². The van der Waals surface area contributed by atoms with Crippen LogP contribution in [0.15, 0.2) is 30.3 Å². The molecule has 0 bridgehead atoms. The highest BCUT2D eigenvalue weighted by molar-refractivity contribution is 5.67. The lowest BCUT2D eigenvalue weighted by molar-refractivity contribution is 0.0309. The van der Waals surface area contributed by atoms with Gasteiger partial charge in [0, 0.05) is 13.1 Å². The zero-order valence-corrected chi connectivity index (χ0v) is 12.1. The summed E-state index contributed by atoms with van der Waals surface area (Å²) in [6.07, 6.45) is 2.89. The second kappa shape index (κ2) is 7.90. The summed E-state index contributed by atoms with van der Waals surface area (Å²) in [6, 6.07) is 10.2. The van der Waals surface area contributed by atoms with Gasteiger partial charge < -0.3 is 14.4 Å². The summed E-state index contributed by atoms with van der Waals surface area (Å²) >= 11 is 0. The van der Waals surface area contributed by atoms with E-state index in [1.807, 2.05) is 25.1 Å². The zero-order chi connectivity index (χ0) is 14.2. The Labute approximate surface area is 120 Å². The number of nitrogens with zero attached hydrogens (tertiary/aromatic N) is 1. The minimum atomic E-state index is -0.198. The number of carbonyl (C=O) groups excluding carboxylic acids is 1. The van der Waals surface area contributed by atoms with Crippen LogP contribution >= 0.6 is 0 Å². The third-order valence-corrected chi connectivity index (χ3v) is 3.53. The van der Waals surface area contributed by atoms with Gasteiger partial charge in [-0.3, -0.25) is 0 Å². The fraction of sp³-hybridized carbons (Fsp3) is 0.562. The number of rotatable bonds is 4. The number of carbonyl (C=O) groups is 1. The van der Waals surface area contributed by atoms with Crippen molar-refractivity contribution < 1.29 is 14.3 Å². The molecule has 1 amide bonds. The Balaban J connectivity index is 1.76. The maximum absolute atomic E-state index is 11.7. The molecular formula is C16H23NO3. The molecule has 0 radical (unpaired) electrons. The molecule has 1 saturated heterocycles. The van der Waals surface area contributed by atoms with Crippen molar-refractivity contribution in [1.29, 1.82) is 0 Å². The number of hydrogen-bond acceptors (Lipinski definition) is 3. The highest BCUT2D eigenvalue weighted by Crippen LogP contribution is 2.16. The van der Waals surface area contributed by atoms with E-state index in [1.54, 1.807) is 4.90 Å². The van der Waals surface area contributed by atoms with Crippen molar-refractivity contribution in [2.45, 2.75) is 38.9 Å². The summed E-state index contributed by atoms with van der Waals surface area (Å²) in [5.74, 6) is 0. The van der Waals surface area contributed by atoms with Crippen molar-refractivity contribution in [3.63, 3.8) is 0 Å². The normalized spacial score (nSPS) is 19.4. The summed E-state index contributed by atoms with van der Waals surface area (Å²) in [4.78, 5) is 13.5. The number of likely N-dealkylation sites (tertiary alicyclic amines) is 1. The second-order valence-electron chi connectivity index (χ2n) is 5.04. The van der Waals surface area contributed by atoms with E-state index in [0.29, 0.717) is 13.2 Å². The molecular weight excluding hydrogens is 254 g/mol.